The number of rotatable bonds is 5. The molecular formula is C16H27N3O. The van der Waals surface area contributed by atoms with Crippen LogP contribution >= 0.6 is 0 Å². The predicted octanol–water partition coefficient (Wildman–Crippen LogP) is 2.36. The molecule has 0 aromatic carbocycles. The van der Waals surface area contributed by atoms with Crippen molar-refractivity contribution < 1.29 is 4.74 Å². The Morgan fingerprint density at radius 1 is 1.50 bits per heavy atom. The molecule has 0 radical (unpaired) electrons. The minimum Gasteiger partial charge on any atom is -0.379 e. The van der Waals surface area contributed by atoms with E-state index in [0.717, 1.165) is 32.0 Å². The fraction of sp³-hybridized carbons (Fsp3) is 0.688. The van der Waals surface area contributed by atoms with E-state index in [4.69, 9.17) is 4.74 Å². The number of methoxy groups -OCH3 is 1. The molecule has 0 saturated carbocycles. The highest BCUT2D eigenvalue weighted by Gasteiger charge is 2.27. The standard InChI is InChI=1S/C16H27N3O/c1-5-17-9-14-8-13(3)16(18-10-14)19-7-6-12(2)15(11-19)20-4/h8,10,12,15,17H,5-7,9,11H2,1-4H3. The summed E-state index contributed by atoms with van der Waals surface area (Å²) in [5.74, 6) is 1.74. The number of hydrogen-bond donors (Lipinski definition) is 1. The Kier molecular flexibility index (Phi) is 5.38. The van der Waals surface area contributed by atoms with Crippen LogP contribution in [-0.4, -0.2) is 37.8 Å². The average molecular weight is 277 g/mol. The van der Waals surface area contributed by atoms with Crippen molar-refractivity contribution in [2.45, 2.75) is 39.8 Å². The molecule has 0 aliphatic carbocycles. The van der Waals surface area contributed by atoms with Crippen molar-refractivity contribution in [2.24, 2.45) is 5.92 Å². The summed E-state index contributed by atoms with van der Waals surface area (Å²) in [6.07, 6.45) is 3.47. The summed E-state index contributed by atoms with van der Waals surface area (Å²) in [6, 6.07) is 2.24. The van der Waals surface area contributed by atoms with Crippen LogP contribution in [0.4, 0.5) is 5.82 Å². The van der Waals surface area contributed by atoms with Gasteiger partial charge in [0.1, 0.15) is 5.82 Å². The number of nitrogens with one attached hydrogen (secondary N) is 1. The van der Waals surface area contributed by atoms with E-state index in [1.165, 1.54) is 17.5 Å². The van der Waals surface area contributed by atoms with E-state index >= 15 is 0 Å². The van der Waals surface area contributed by atoms with Crippen molar-refractivity contribution in [2.75, 3.05) is 31.6 Å². The molecule has 1 aliphatic heterocycles. The van der Waals surface area contributed by atoms with Gasteiger partial charge in [-0.15, -0.1) is 0 Å². The maximum atomic E-state index is 5.59. The average Bonchev–Trinajstić information content (AvgIpc) is 2.46. The van der Waals surface area contributed by atoms with Crippen molar-refractivity contribution >= 4 is 5.82 Å². The summed E-state index contributed by atoms with van der Waals surface area (Å²) in [7, 11) is 1.81. The normalized spacial score (nSPS) is 23.1. The molecule has 1 aromatic heterocycles. The SMILES string of the molecule is CCNCc1cnc(N2CCC(C)C(OC)C2)c(C)c1. The van der Waals surface area contributed by atoms with Gasteiger partial charge >= 0.3 is 0 Å². The van der Waals surface area contributed by atoms with Gasteiger partial charge in [-0.2, -0.15) is 0 Å². The lowest BCUT2D eigenvalue weighted by atomic mass is 9.95. The van der Waals surface area contributed by atoms with Crippen LogP contribution in [-0.2, 0) is 11.3 Å². The number of ether oxygens (including phenoxy) is 1. The van der Waals surface area contributed by atoms with E-state index in [9.17, 15) is 0 Å². The molecule has 20 heavy (non-hydrogen) atoms. The highest BCUT2D eigenvalue weighted by molar-refractivity contribution is 5.48. The topological polar surface area (TPSA) is 37.4 Å². The van der Waals surface area contributed by atoms with Crippen LogP contribution in [0.5, 0.6) is 0 Å². The molecule has 0 bridgehead atoms. The molecule has 2 atom stereocenters. The molecule has 0 amide bonds. The number of aryl methyl sites for hydroxylation is 1. The Balaban J connectivity index is 2.08. The van der Waals surface area contributed by atoms with Gasteiger partial charge in [0, 0.05) is 32.9 Å². The zero-order valence-electron chi connectivity index (χ0n) is 13.1. The third-order valence-electron chi connectivity index (χ3n) is 4.18. The lowest BCUT2D eigenvalue weighted by Gasteiger charge is -2.37. The minimum atomic E-state index is 0.311. The molecule has 1 aromatic rings. The van der Waals surface area contributed by atoms with Crippen LogP contribution in [0.2, 0.25) is 0 Å². The molecule has 0 spiro atoms. The maximum Gasteiger partial charge on any atom is 0.131 e. The molecule has 112 valence electrons. The zero-order chi connectivity index (χ0) is 14.5. The highest BCUT2D eigenvalue weighted by atomic mass is 16.5. The number of hydrogen-bond acceptors (Lipinski definition) is 4. The Labute approximate surface area is 122 Å². The number of pyridine rings is 1. The monoisotopic (exact) mass is 277 g/mol. The number of piperidine rings is 1. The molecule has 1 N–H and O–H groups in total. The molecule has 1 aliphatic rings. The third kappa shape index (κ3) is 3.49. The van der Waals surface area contributed by atoms with Gasteiger partial charge in [-0.3, -0.25) is 0 Å². The smallest absolute Gasteiger partial charge is 0.131 e. The Bertz CT molecular complexity index is 436. The van der Waals surface area contributed by atoms with Crippen LogP contribution in [0.25, 0.3) is 0 Å². The van der Waals surface area contributed by atoms with Crippen molar-refractivity contribution in [1.29, 1.82) is 0 Å². The second-order valence-corrected chi connectivity index (χ2v) is 5.75. The summed E-state index contributed by atoms with van der Waals surface area (Å²) in [5, 5.41) is 3.34. The summed E-state index contributed by atoms with van der Waals surface area (Å²) in [6.45, 7) is 10.4. The molecule has 2 unspecified atom stereocenters. The molecule has 1 fully saturated rings. The first kappa shape index (κ1) is 15.3. The third-order valence-corrected chi connectivity index (χ3v) is 4.18. The van der Waals surface area contributed by atoms with Crippen LogP contribution < -0.4 is 10.2 Å². The summed E-state index contributed by atoms with van der Waals surface area (Å²) >= 11 is 0. The Morgan fingerprint density at radius 2 is 2.30 bits per heavy atom. The summed E-state index contributed by atoms with van der Waals surface area (Å²) in [5.41, 5.74) is 2.51. The van der Waals surface area contributed by atoms with Crippen LogP contribution in [0, 0.1) is 12.8 Å². The molecular weight excluding hydrogens is 250 g/mol. The fourth-order valence-corrected chi connectivity index (χ4v) is 2.86. The minimum absolute atomic E-state index is 0.311. The van der Waals surface area contributed by atoms with Crippen molar-refractivity contribution in [3.05, 3.63) is 23.4 Å². The lowest BCUT2D eigenvalue weighted by molar-refractivity contribution is 0.0496. The molecule has 2 heterocycles. The predicted molar refractivity (Wildman–Crippen MR) is 83.1 cm³/mol. The van der Waals surface area contributed by atoms with Gasteiger partial charge in [-0.1, -0.05) is 13.8 Å². The van der Waals surface area contributed by atoms with E-state index in [0.29, 0.717) is 12.0 Å². The lowest BCUT2D eigenvalue weighted by Crippen LogP contribution is -2.44. The van der Waals surface area contributed by atoms with Crippen LogP contribution in [0.3, 0.4) is 0 Å². The number of anilines is 1. The van der Waals surface area contributed by atoms with Crippen molar-refractivity contribution in [1.82, 2.24) is 10.3 Å². The van der Waals surface area contributed by atoms with Crippen LogP contribution in [0.1, 0.15) is 31.4 Å². The number of aromatic nitrogens is 1. The zero-order valence-corrected chi connectivity index (χ0v) is 13.1. The quantitative estimate of drug-likeness (QED) is 0.896. The molecule has 1 saturated heterocycles. The van der Waals surface area contributed by atoms with Gasteiger partial charge < -0.3 is 15.0 Å². The van der Waals surface area contributed by atoms with Gasteiger partial charge in [0.2, 0.25) is 0 Å². The second kappa shape index (κ2) is 7.04. The maximum absolute atomic E-state index is 5.59. The van der Waals surface area contributed by atoms with E-state index in [1.807, 2.05) is 13.3 Å². The van der Waals surface area contributed by atoms with E-state index in [1.54, 1.807) is 0 Å². The first-order valence-corrected chi connectivity index (χ1v) is 7.59. The Morgan fingerprint density at radius 3 is 2.95 bits per heavy atom. The van der Waals surface area contributed by atoms with Crippen molar-refractivity contribution in [3.8, 4) is 0 Å². The fourth-order valence-electron chi connectivity index (χ4n) is 2.86. The van der Waals surface area contributed by atoms with E-state index in [2.05, 4.69) is 42.0 Å². The molecule has 2 rings (SSSR count). The second-order valence-electron chi connectivity index (χ2n) is 5.75. The summed E-state index contributed by atoms with van der Waals surface area (Å²) in [4.78, 5) is 7.04. The summed E-state index contributed by atoms with van der Waals surface area (Å²) < 4.78 is 5.59. The first-order chi connectivity index (χ1) is 9.65. The Hall–Kier alpha value is -1.13. The van der Waals surface area contributed by atoms with Gasteiger partial charge in [-0.05, 0) is 43.0 Å². The van der Waals surface area contributed by atoms with Gasteiger partial charge in [-0.25, -0.2) is 4.98 Å². The molecule has 4 heteroatoms. The molecule has 4 nitrogen and oxygen atoms in total. The van der Waals surface area contributed by atoms with Gasteiger partial charge in [0.05, 0.1) is 6.10 Å². The highest BCUT2D eigenvalue weighted by Crippen LogP contribution is 2.26. The van der Waals surface area contributed by atoms with Crippen LogP contribution in [0.15, 0.2) is 12.3 Å². The first-order valence-electron chi connectivity index (χ1n) is 7.59. The van der Waals surface area contributed by atoms with Gasteiger partial charge in [0.25, 0.3) is 0 Å². The van der Waals surface area contributed by atoms with E-state index < -0.39 is 0 Å². The number of nitrogens with zero attached hydrogens (tertiary/aromatic N) is 2. The van der Waals surface area contributed by atoms with E-state index in [-0.39, 0.29) is 0 Å². The van der Waals surface area contributed by atoms with Gasteiger partial charge in [0.15, 0.2) is 0 Å². The van der Waals surface area contributed by atoms with Crippen molar-refractivity contribution in [3.63, 3.8) is 0 Å². The largest absolute Gasteiger partial charge is 0.379 e.